The molecule has 0 heterocycles. The average Bonchev–Trinajstić information content (AvgIpc) is 2.74. The number of nitrogens with one attached hydrogen (secondary N) is 1. The van der Waals surface area contributed by atoms with E-state index in [1.807, 2.05) is 103 Å². The smallest absolute Gasteiger partial charge is 0.267 e. The number of carbonyl (C=O) groups is 1. The fourth-order valence-electron chi connectivity index (χ4n) is 2.81. The van der Waals surface area contributed by atoms with Crippen molar-refractivity contribution in [1.82, 2.24) is 0 Å². The van der Waals surface area contributed by atoms with Gasteiger partial charge in [0.25, 0.3) is 5.91 Å². The zero-order chi connectivity index (χ0) is 19.8. The topological polar surface area (TPSA) is 56.1 Å². The number of hydrogen-bond donors (Lipinski definition) is 1. The summed E-state index contributed by atoms with van der Waals surface area (Å²) in [5, 5.41) is 12.4. The number of nitrogens with zero attached hydrogens (tertiary/aromatic N) is 2. The summed E-state index contributed by atoms with van der Waals surface area (Å²) in [7, 11) is 0. The molecule has 1 amide bonds. The highest BCUT2D eigenvalue weighted by atomic mass is 16.1. The van der Waals surface area contributed by atoms with Gasteiger partial charge in [0.05, 0.1) is 0 Å². The first-order valence-corrected chi connectivity index (χ1v) is 9.02. The summed E-state index contributed by atoms with van der Waals surface area (Å²) >= 11 is 0. The minimum absolute atomic E-state index is 0.0445. The van der Waals surface area contributed by atoms with Gasteiger partial charge in [-0.15, -0.1) is 0 Å². The van der Waals surface area contributed by atoms with Crippen molar-refractivity contribution in [1.29, 1.82) is 5.26 Å². The van der Waals surface area contributed by atoms with E-state index >= 15 is 0 Å². The highest BCUT2D eigenvalue weighted by molar-refractivity contribution is 6.07. The molecule has 0 bridgehead atoms. The number of benzene rings is 3. The molecule has 138 valence electrons. The number of hydrogen-bond acceptors (Lipinski definition) is 3. The number of aryl methyl sites for hydroxylation is 1. The lowest BCUT2D eigenvalue weighted by molar-refractivity contribution is -0.112. The summed E-state index contributed by atoms with van der Waals surface area (Å²) in [6.07, 6.45) is 1.61. The number of anilines is 2. The van der Waals surface area contributed by atoms with Gasteiger partial charge in [0.2, 0.25) is 0 Å². The van der Waals surface area contributed by atoms with E-state index in [4.69, 9.17) is 0 Å². The molecule has 3 rings (SSSR count). The van der Waals surface area contributed by atoms with Crippen LogP contribution < -0.4 is 10.2 Å². The highest BCUT2D eigenvalue weighted by Crippen LogP contribution is 2.20. The second-order valence-electron chi connectivity index (χ2n) is 6.37. The number of carbonyl (C=O) groups excluding carboxylic acids is 1. The van der Waals surface area contributed by atoms with E-state index < -0.39 is 5.91 Å². The van der Waals surface area contributed by atoms with Gasteiger partial charge in [-0.25, -0.2) is 0 Å². The van der Waals surface area contributed by atoms with Crippen molar-refractivity contribution in [2.45, 2.75) is 13.5 Å². The molecule has 0 atom stereocenters. The van der Waals surface area contributed by atoms with Crippen molar-refractivity contribution in [2.24, 2.45) is 0 Å². The zero-order valence-corrected chi connectivity index (χ0v) is 15.7. The zero-order valence-electron chi connectivity index (χ0n) is 15.7. The molecule has 0 aliphatic rings. The van der Waals surface area contributed by atoms with Crippen LogP contribution in [0.1, 0.15) is 11.1 Å². The summed E-state index contributed by atoms with van der Waals surface area (Å²) in [6, 6.07) is 29.2. The number of rotatable bonds is 6. The van der Waals surface area contributed by atoms with E-state index in [0.717, 1.165) is 16.8 Å². The predicted molar refractivity (Wildman–Crippen MR) is 113 cm³/mol. The maximum Gasteiger partial charge on any atom is 0.267 e. The summed E-state index contributed by atoms with van der Waals surface area (Å²) in [5.41, 5.74) is 3.67. The van der Waals surface area contributed by atoms with E-state index in [2.05, 4.69) is 5.32 Å². The van der Waals surface area contributed by atoms with Crippen LogP contribution in [0.5, 0.6) is 0 Å². The lowest BCUT2D eigenvalue weighted by Gasteiger charge is -2.21. The Morgan fingerprint density at radius 2 is 1.57 bits per heavy atom. The third kappa shape index (κ3) is 4.87. The fourth-order valence-corrected chi connectivity index (χ4v) is 2.81. The van der Waals surface area contributed by atoms with Crippen molar-refractivity contribution in [3.63, 3.8) is 0 Å². The van der Waals surface area contributed by atoms with Gasteiger partial charge in [-0.05, 0) is 36.2 Å². The van der Waals surface area contributed by atoms with Gasteiger partial charge < -0.3 is 10.2 Å². The van der Waals surface area contributed by atoms with Crippen molar-refractivity contribution < 1.29 is 4.79 Å². The first-order valence-electron chi connectivity index (χ1n) is 9.02. The maximum atomic E-state index is 12.7. The Morgan fingerprint density at radius 1 is 0.964 bits per heavy atom. The van der Waals surface area contributed by atoms with E-state index in [9.17, 15) is 10.1 Å². The molecule has 3 aromatic rings. The van der Waals surface area contributed by atoms with Gasteiger partial charge in [-0.2, -0.15) is 5.26 Å². The summed E-state index contributed by atoms with van der Waals surface area (Å²) in [4.78, 5) is 14.6. The minimum atomic E-state index is -0.425. The quantitative estimate of drug-likeness (QED) is 0.490. The molecule has 0 radical (unpaired) electrons. The number of nitriles is 1. The van der Waals surface area contributed by atoms with E-state index in [0.29, 0.717) is 12.2 Å². The second kappa shape index (κ2) is 9.20. The van der Waals surface area contributed by atoms with Crippen LogP contribution in [0.3, 0.4) is 0 Å². The third-order valence-electron chi connectivity index (χ3n) is 4.33. The molecule has 4 heteroatoms. The predicted octanol–water partition coefficient (Wildman–Crippen LogP) is 5.05. The van der Waals surface area contributed by atoms with Crippen LogP contribution in [0.15, 0.2) is 96.7 Å². The molecule has 0 aliphatic heterocycles. The number of amides is 1. The first-order chi connectivity index (χ1) is 13.7. The van der Waals surface area contributed by atoms with Gasteiger partial charge in [-0.3, -0.25) is 4.79 Å². The molecule has 0 saturated heterocycles. The Labute approximate surface area is 165 Å². The highest BCUT2D eigenvalue weighted by Gasteiger charge is 2.14. The Morgan fingerprint density at radius 3 is 2.21 bits per heavy atom. The van der Waals surface area contributed by atoms with Crippen LogP contribution >= 0.6 is 0 Å². The SMILES string of the molecule is Cc1ccccc1NC(=O)/C(C#N)=C\N(Cc1ccccc1)c1ccccc1. The Balaban J connectivity index is 1.89. The monoisotopic (exact) mass is 367 g/mol. The van der Waals surface area contributed by atoms with Crippen LogP contribution in [-0.4, -0.2) is 5.91 Å². The van der Waals surface area contributed by atoms with Gasteiger partial charge >= 0.3 is 0 Å². The van der Waals surface area contributed by atoms with Crippen LogP contribution in [0.25, 0.3) is 0 Å². The summed E-state index contributed by atoms with van der Waals surface area (Å²) in [5.74, 6) is -0.425. The molecule has 0 aliphatic carbocycles. The summed E-state index contributed by atoms with van der Waals surface area (Å²) < 4.78 is 0. The van der Waals surface area contributed by atoms with Crippen LogP contribution in [0.4, 0.5) is 11.4 Å². The van der Waals surface area contributed by atoms with Crippen LogP contribution in [0, 0.1) is 18.3 Å². The lowest BCUT2D eigenvalue weighted by Crippen LogP contribution is -2.21. The molecule has 0 aromatic heterocycles. The average molecular weight is 367 g/mol. The summed E-state index contributed by atoms with van der Waals surface area (Å²) in [6.45, 7) is 2.46. The molecular weight excluding hydrogens is 346 g/mol. The third-order valence-corrected chi connectivity index (χ3v) is 4.33. The number of para-hydroxylation sites is 2. The molecular formula is C24H21N3O. The maximum absolute atomic E-state index is 12.7. The Bertz CT molecular complexity index is 1000. The molecule has 0 spiro atoms. The molecule has 28 heavy (non-hydrogen) atoms. The van der Waals surface area contributed by atoms with Crippen molar-refractivity contribution in [2.75, 3.05) is 10.2 Å². The molecule has 3 aromatic carbocycles. The van der Waals surface area contributed by atoms with Gasteiger partial charge in [0, 0.05) is 24.1 Å². The van der Waals surface area contributed by atoms with Crippen molar-refractivity contribution in [3.8, 4) is 6.07 Å². The van der Waals surface area contributed by atoms with Crippen LogP contribution in [0.2, 0.25) is 0 Å². The van der Waals surface area contributed by atoms with E-state index in [1.54, 1.807) is 6.20 Å². The normalized spacial score (nSPS) is 10.8. The second-order valence-corrected chi connectivity index (χ2v) is 6.37. The van der Waals surface area contributed by atoms with Crippen molar-refractivity contribution >= 4 is 17.3 Å². The van der Waals surface area contributed by atoms with Crippen LogP contribution in [-0.2, 0) is 11.3 Å². The van der Waals surface area contributed by atoms with E-state index in [1.165, 1.54) is 0 Å². The molecule has 0 fully saturated rings. The standard InChI is InChI=1S/C24H21N3O/c1-19-10-8-9-15-23(19)26-24(28)21(16-25)18-27(22-13-6-3-7-14-22)17-20-11-4-2-5-12-20/h2-15,18H,17H2,1H3,(H,26,28)/b21-18-. The van der Waals surface area contributed by atoms with Crippen molar-refractivity contribution in [3.05, 3.63) is 108 Å². The minimum Gasteiger partial charge on any atom is -0.342 e. The van der Waals surface area contributed by atoms with Gasteiger partial charge in [-0.1, -0.05) is 66.7 Å². The largest absolute Gasteiger partial charge is 0.342 e. The lowest BCUT2D eigenvalue weighted by atomic mass is 10.1. The molecule has 0 saturated carbocycles. The fraction of sp³-hybridized carbons (Fsp3) is 0.0833. The van der Waals surface area contributed by atoms with E-state index in [-0.39, 0.29) is 5.57 Å². The van der Waals surface area contributed by atoms with Gasteiger partial charge in [0.15, 0.2) is 0 Å². The first kappa shape index (κ1) is 18.9. The molecule has 1 N–H and O–H groups in total. The molecule has 4 nitrogen and oxygen atoms in total. The van der Waals surface area contributed by atoms with Gasteiger partial charge in [0.1, 0.15) is 11.6 Å². The molecule has 0 unspecified atom stereocenters. The Hall–Kier alpha value is -3.84. The Kier molecular flexibility index (Phi) is 6.22.